The Morgan fingerprint density at radius 2 is 2.03 bits per heavy atom. The second-order valence-electron chi connectivity index (χ2n) is 8.42. The first-order valence-electron chi connectivity index (χ1n) is 10.2. The predicted molar refractivity (Wildman–Crippen MR) is 116 cm³/mol. The van der Waals surface area contributed by atoms with E-state index in [9.17, 15) is 9.18 Å². The summed E-state index contributed by atoms with van der Waals surface area (Å²) in [4.78, 5) is 17.7. The molecule has 1 saturated heterocycles. The van der Waals surface area contributed by atoms with E-state index in [0.29, 0.717) is 25.3 Å². The first kappa shape index (κ1) is 22.1. The Morgan fingerprint density at radius 3 is 2.63 bits per heavy atom. The Labute approximate surface area is 176 Å². The lowest BCUT2D eigenvalue weighted by atomic mass is 9.95. The lowest BCUT2D eigenvalue weighted by Crippen LogP contribution is -2.21. The van der Waals surface area contributed by atoms with E-state index in [4.69, 9.17) is 14.5 Å². The van der Waals surface area contributed by atoms with Crippen LogP contribution in [0, 0.1) is 0 Å². The van der Waals surface area contributed by atoms with E-state index < -0.39 is 5.83 Å². The van der Waals surface area contributed by atoms with E-state index in [-0.39, 0.29) is 23.1 Å². The van der Waals surface area contributed by atoms with E-state index >= 15 is 0 Å². The van der Waals surface area contributed by atoms with Crippen LogP contribution < -0.4 is 0 Å². The number of hydrogen-bond acceptors (Lipinski definition) is 4. The topological polar surface area (TPSA) is 53.4 Å². The molecule has 0 radical (unpaired) electrons. The van der Waals surface area contributed by atoms with Gasteiger partial charge in [0.15, 0.2) is 12.1 Å². The van der Waals surface area contributed by atoms with Gasteiger partial charge < -0.3 is 14.0 Å². The third-order valence-electron chi connectivity index (χ3n) is 4.87. The molecule has 3 rings (SSSR count). The Hall–Kier alpha value is -2.57. The van der Waals surface area contributed by atoms with Crippen molar-refractivity contribution < 1.29 is 18.7 Å². The number of imidazole rings is 1. The maximum Gasteiger partial charge on any atom is 0.193 e. The van der Waals surface area contributed by atoms with Gasteiger partial charge in [0.1, 0.15) is 5.82 Å². The van der Waals surface area contributed by atoms with Crippen LogP contribution in [0.25, 0.3) is 11.0 Å². The van der Waals surface area contributed by atoms with Crippen LogP contribution in [0.1, 0.15) is 50.3 Å². The number of Topliss-reactive ketones (excluding diaryl/α,β-unsaturated/α-hetero) is 1. The van der Waals surface area contributed by atoms with Gasteiger partial charge in [0, 0.05) is 29.5 Å². The van der Waals surface area contributed by atoms with E-state index in [2.05, 4.69) is 31.9 Å². The number of fused-ring (bicyclic) bond motifs is 1. The fourth-order valence-corrected chi connectivity index (χ4v) is 3.58. The van der Waals surface area contributed by atoms with Gasteiger partial charge in [-0.05, 0) is 31.2 Å². The summed E-state index contributed by atoms with van der Waals surface area (Å²) in [5.41, 5.74) is 2.21. The van der Waals surface area contributed by atoms with Gasteiger partial charge in [-0.2, -0.15) is 0 Å². The van der Waals surface area contributed by atoms with Gasteiger partial charge in [0.2, 0.25) is 0 Å². The molecule has 0 saturated carbocycles. The van der Waals surface area contributed by atoms with Crippen LogP contribution in [0.4, 0.5) is 4.39 Å². The zero-order valence-electron chi connectivity index (χ0n) is 18.1. The molecule has 5 nitrogen and oxygen atoms in total. The molecule has 0 spiro atoms. The molecule has 1 aromatic carbocycles. The molecular formula is C24H29FN2O3. The summed E-state index contributed by atoms with van der Waals surface area (Å²) >= 11 is 0. The fraction of sp³-hybridized carbons (Fsp3) is 0.417. The number of aromatic nitrogens is 2. The minimum atomic E-state index is -0.437. The number of nitrogens with zero attached hydrogens (tertiary/aromatic N) is 2. The quantitative estimate of drug-likeness (QED) is 0.353. The normalized spacial score (nSPS) is 16.4. The third-order valence-corrected chi connectivity index (χ3v) is 4.87. The molecule has 2 aromatic rings. The molecule has 0 amide bonds. The third kappa shape index (κ3) is 4.94. The van der Waals surface area contributed by atoms with E-state index in [0.717, 1.165) is 23.3 Å². The van der Waals surface area contributed by atoms with Crippen molar-refractivity contribution in [3.63, 3.8) is 0 Å². The molecule has 0 N–H and O–H groups in total. The van der Waals surface area contributed by atoms with Crippen LogP contribution in [-0.2, 0) is 21.4 Å². The van der Waals surface area contributed by atoms with Crippen molar-refractivity contribution in [2.75, 3.05) is 13.2 Å². The lowest BCUT2D eigenvalue weighted by molar-refractivity contribution is -0.0490. The Kier molecular flexibility index (Phi) is 6.68. The van der Waals surface area contributed by atoms with Gasteiger partial charge >= 0.3 is 0 Å². The fourth-order valence-electron chi connectivity index (χ4n) is 3.58. The minimum absolute atomic E-state index is 0.178. The highest BCUT2D eigenvalue weighted by molar-refractivity contribution is 6.12. The van der Waals surface area contributed by atoms with Crippen molar-refractivity contribution in [1.29, 1.82) is 0 Å². The molecule has 0 atom stereocenters. The second-order valence-corrected chi connectivity index (χ2v) is 8.42. The van der Waals surface area contributed by atoms with E-state index in [1.54, 1.807) is 12.1 Å². The average Bonchev–Trinajstić information content (AvgIpc) is 3.31. The molecule has 0 unspecified atom stereocenters. The molecule has 0 aliphatic carbocycles. The number of allylic oxidation sites excluding steroid dienone is 5. The highest BCUT2D eigenvalue weighted by atomic mass is 19.1. The van der Waals surface area contributed by atoms with E-state index in [1.165, 1.54) is 25.2 Å². The summed E-state index contributed by atoms with van der Waals surface area (Å²) in [5.74, 6) is 0.225. The van der Waals surface area contributed by atoms with E-state index in [1.807, 2.05) is 6.07 Å². The molecule has 1 fully saturated rings. The SMILES string of the molecule is C=C/C=C(\C=C(/C)F)C(=O)c1ccc2c(c1)nc(C(C)(C)C)n2CCC1OCCO1. The summed E-state index contributed by atoms with van der Waals surface area (Å²) in [6, 6.07) is 5.43. The first-order valence-corrected chi connectivity index (χ1v) is 10.2. The number of aryl methyl sites for hydroxylation is 1. The van der Waals surface area contributed by atoms with Gasteiger partial charge in [-0.1, -0.05) is 39.5 Å². The zero-order chi connectivity index (χ0) is 21.9. The van der Waals surface area contributed by atoms with Crippen LogP contribution in [0.3, 0.4) is 0 Å². The standard InChI is InChI=1S/C24H29FN2O3/c1-6-7-17(14-16(2)25)22(28)18-8-9-20-19(15-18)26-23(24(3,4)5)27(20)11-10-21-29-12-13-30-21/h6-9,14-15,21H,1,10-13H2,2-5H3/b16-14+,17-7+. The number of halogens is 1. The molecule has 6 heteroatoms. The van der Waals surface area contributed by atoms with Crippen molar-refractivity contribution in [2.24, 2.45) is 0 Å². The largest absolute Gasteiger partial charge is 0.350 e. The van der Waals surface area contributed by atoms with Crippen LogP contribution >= 0.6 is 0 Å². The Morgan fingerprint density at radius 1 is 1.33 bits per heavy atom. The minimum Gasteiger partial charge on any atom is -0.350 e. The molecule has 0 bridgehead atoms. The predicted octanol–water partition coefficient (Wildman–Crippen LogP) is 5.27. The molecular weight excluding hydrogens is 383 g/mol. The molecule has 2 heterocycles. The average molecular weight is 413 g/mol. The maximum absolute atomic E-state index is 13.4. The Balaban J connectivity index is 1.99. The second kappa shape index (κ2) is 9.06. The maximum atomic E-state index is 13.4. The summed E-state index contributed by atoms with van der Waals surface area (Å²) in [6.07, 6.45) is 4.73. The monoisotopic (exact) mass is 412 g/mol. The van der Waals surface area contributed by atoms with Crippen molar-refractivity contribution in [3.05, 3.63) is 65.8 Å². The van der Waals surface area contributed by atoms with Gasteiger partial charge in [-0.25, -0.2) is 9.37 Å². The summed E-state index contributed by atoms with van der Waals surface area (Å²) in [7, 11) is 0. The Bertz CT molecular complexity index is 1000. The van der Waals surface area contributed by atoms with Crippen molar-refractivity contribution in [2.45, 2.75) is 52.4 Å². The lowest BCUT2D eigenvalue weighted by Gasteiger charge is -2.21. The van der Waals surface area contributed by atoms with Gasteiger partial charge in [-0.15, -0.1) is 0 Å². The van der Waals surface area contributed by atoms with Gasteiger partial charge in [-0.3, -0.25) is 4.79 Å². The number of carbonyl (C=O) groups excluding carboxylic acids is 1. The molecule has 1 aromatic heterocycles. The highest BCUT2D eigenvalue weighted by Crippen LogP contribution is 2.28. The number of rotatable bonds is 7. The van der Waals surface area contributed by atoms with Gasteiger partial charge in [0.05, 0.1) is 30.1 Å². The molecule has 30 heavy (non-hydrogen) atoms. The smallest absolute Gasteiger partial charge is 0.193 e. The number of hydrogen-bond donors (Lipinski definition) is 0. The van der Waals surface area contributed by atoms with Crippen LogP contribution in [-0.4, -0.2) is 34.8 Å². The van der Waals surface area contributed by atoms with Crippen molar-refractivity contribution in [3.8, 4) is 0 Å². The number of ether oxygens (including phenoxy) is 2. The first-order chi connectivity index (χ1) is 14.2. The molecule has 1 aliphatic rings. The van der Waals surface area contributed by atoms with Gasteiger partial charge in [0.25, 0.3) is 0 Å². The van der Waals surface area contributed by atoms with Crippen molar-refractivity contribution >= 4 is 16.8 Å². The summed E-state index contributed by atoms with van der Waals surface area (Å²) < 4.78 is 26.7. The molecule has 1 aliphatic heterocycles. The van der Waals surface area contributed by atoms with Crippen molar-refractivity contribution in [1.82, 2.24) is 9.55 Å². The van der Waals surface area contributed by atoms with Crippen LogP contribution in [0.2, 0.25) is 0 Å². The number of ketones is 1. The van der Waals surface area contributed by atoms with Crippen LogP contribution in [0.15, 0.2) is 54.4 Å². The zero-order valence-corrected chi connectivity index (χ0v) is 18.1. The summed E-state index contributed by atoms with van der Waals surface area (Å²) in [5, 5.41) is 0. The number of benzene rings is 1. The van der Waals surface area contributed by atoms with Crippen LogP contribution in [0.5, 0.6) is 0 Å². The summed E-state index contributed by atoms with van der Waals surface area (Å²) in [6.45, 7) is 13.2. The number of carbonyl (C=O) groups is 1. The molecule has 160 valence electrons. The highest BCUT2D eigenvalue weighted by Gasteiger charge is 2.25.